The molecule has 8 nitrogen and oxygen atoms in total. The van der Waals surface area contributed by atoms with E-state index in [2.05, 4.69) is 21.9 Å². The molecule has 30 heavy (non-hydrogen) atoms. The van der Waals surface area contributed by atoms with Gasteiger partial charge in [0.2, 0.25) is 12.8 Å². The van der Waals surface area contributed by atoms with Gasteiger partial charge in [0.05, 0.1) is 5.69 Å². The van der Waals surface area contributed by atoms with Crippen LogP contribution in [0, 0.1) is 16.6 Å². The summed E-state index contributed by atoms with van der Waals surface area (Å²) in [5, 5.41) is 20.8. The van der Waals surface area contributed by atoms with Gasteiger partial charge in [0, 0.05) is 31.9 Å². The molecule has 0 bridgehead atoms. The summed E-state index contributed by atoms with van der Waals surface area (Å²) >= 11 is 0. The summed E-state index contributed by atoms with van der Waals surface area (Å²) in [7, 11) is 0. The fourth-order valence-electron chi connectivity index (χ4n) is 4.19. The van der Waals surface area contributed by atoms with Crippen LogP contribution in [0.1, 0.15) is 18.4 Å². The SMILES string of the molecule is N#CB1CCC2(CCN(C(/C=C\NC=O)=Nc3ccc(CCO)cc3)C2)C1.NC=O. The van der Waals surface area contributed by atoms with Crippen LogP contribution in [0.15, 0.2) is 41.5 Å². The first-order valence-electron chi connectivity index (χ1n) is 10.0. The molecule has 2 fully saturated rings. The Kier molecular flexibility index (Phi) is 9.10. The maximum atomic E-state index is 10.6. The smallest absolute Gasteiger partial charge is 0.268 e. The number of aliphatic hydroxyl groups is 1. The van der Waals surface area contributed by atoms with Crippen molar-refractivity contribution in [2.75, 3.05) is 19.7 Å². The van der Waals surface area contributed by atoms with Crippen LogP contribution < -0.4 is 11.1 Å². The van der Waals surface area contributed by atoms with E-state index in [0.29, 0.717) is 12.8 Å². The van der Waals surface area contributed by atoms with Crippen molar-refractivity contribution in [1.29, 1.82) is 5.26 Å². The monoisotopic (exact) mass is 409 g/mol. The fraction of sp³-hybridized carbons (Fsp3) is 0.429. The van der Waals surface area contributed by atoms with Crippen molar-refractivity contribution in [3.8, 4) is 5.97 Å². The van der Waals surface area contributed by atoms with Gasteiger partial charge in [0.15, 0.2) is 0 Å². The van der Waals surface area contributed by atoms with E-state index in [0.717, 1.165) is 55.7 Å². The van der Waals surface area contributed by atoms with Gasteiger partial charge in [-0.1, -0.05) is 31.2 Å². The van der Waals surface area contributed by atoms with Gasteiger partial charge < -0.3 is 21.1 Å². The van der Waals surface area contributed by atoms with Gasteiger partial charge in [-0.2, -0.15) is 0 Å². The summed E-state index contributed by atoms with van der Waals surface area (Å²) in [6, 6.07) is 7.83. The summed E-state index contributed by atoms with van der Waals surface area (Å²) in [6.45, 7) is 2.12. The third-order valence-electron chi connectivity index (χ3n) is 5.62. The van der Waals surface area contributed by atoms with Crippen LogP contribution in [-0.2, 0) is 16.0 Å². The van der Waals surface area contributed by atoms with Crippen LogP contribution >= 0.6 is 0 Å². The molecular formula is C21H28BN5O3. The maximum absolute atomic E-state index is 10.6. The van der Waals surface area contributed by atoms with Crippen molar-refractivity contribution in [3.05, 3.63) is 42.1 Å². The zero-order chi connectivity index (χ0) is 21.8. The molecule has 2 saturated heterocycles. The molecule has 0 aromatic heterocycles. The van der Waals surface area contributed by atoms with E-state index in [9.17, 15) is 10.1 Å². The third-order valence-corrected chi connectivity index (χ3v) is 5.62. The Balaban J connectivity index is 0.00000101. The standard InChI is InChI=1S/C20H25BN4O2.CH3NO/c22-15-21-9-7-20(13-21)8-11-25(14-20)19(5-10-23-16-27)24-18-3-1-17(2-4-18)6-12-26;2-1-3/h1-5,10,16,26H,6-9,11-14H2,(H,23,27);1H,(H2,2,3)/b10-5-,24-19?;. The Morgan fingerprint density at radius 3 is 2.70 bits per heavy atom. The summed E-state index contributed by atoms with van der Waals surface area (Å²) in [5.74, 6) is 3.24. The van der Waals surface area contributed by atoms with Crippen LogP contribution in [0.2, 0.25) is 12.6 Å². The van der Waals surface area contributed by atoms with Crippen molar-refractivity contribution in [2.24, 2.45) is 16.1 Å². The van der Waals surface area contributed by atoms with E-state index in [1.165, 1.54) is 0 Å². The molecule has 1 aromatic carbocycles. The van der Waals surface area contributed by atoms with Gasteiger partial charge >= 0.3 is 0 Å². The first-order chi connectivity index (χ1) is 14.6. The number of nitrogens with two attached hydrogens (primary N) is 1. The Morgan fingerprint density at radius 1 is 1.37 bits per heavy atom. The minimum atomic E-state index is 0.132. The summed E-state index contributed by atoms with van der Waals surface area (Å²) < 4.78 is 0. The molecule has 0 saturated carbocycles. The number of hydrogen-bond acceptors (Lipinski definition) is 5. The Morgan fingerprint density at radius 2 is 2.10 bits per heavy atom. The van der Waals surface area contributed by atoms with Crippen molar-refractivity contribution >= 4 is 31.1 Å². The maximum Gasteiger partial charge on any atom is 0.268 e. The van der Waals surface area contributed by atoms with E-state index in [1.54, 1.807) is 6.20 Å². The topological polar surface area (TPSA) is 132 Å². The van der Waals surface area contributed by atoms with Crippen molar-refractivity contribution in [1.82, 2.24) is 10.2 Å². The molecule has 9 heteroatoms. The number of nitrogens with one attached hydrogen (secondary N) is 1. The lowest BCUT2D eigenvalue weighted by atomic mass is 9.48. The average molecular weight is 409 g/mol. The van der Waals surface area contributed by atoms with E-state index >= 15 is 0 Å². The second-order valence-corrected chi connectivity index (χ2v) is 7.60. The Bertz CT molecular complexity index is 806. The minimum Gasteiger partial charge on any atom is -0.396 e. The quantitative estimate of drug-likeness (QED) is 0.282. The van der Waals surface area contributed by atoms with Crippen LogP contribution in [0.25, 0.3) is 0 Å². The molecule has 2 heterocycles. The number of carbonyl (C=O) groups is 2. The number of rotatable bonds is 6. The predicted octanol–water partition coefficient (Wildman–Crippen LogP) is 1.27. The highest BCUT2D eigenvalue weighted by molar-refractivity contribution is 6.67. The molecule has 2 amide bonds. The lowest BCUT2D eigenvalue weighted by Crippen LogP contribution is -2.30. The van der Waals surface area contributed by atoms with Gasteiger partial charge in [-0.05, 0) is 42.0 Å². The lowest BCUT2D eigenvalue weighted by molar-refractivity contribution is -0.109. The number of aliphatic imine (C=N–C) groups is 1. The Hall–Kier alpha value is -3.12. The first kappa shape index (κ1) is 23.2. The van der Waals surface area contributed by atoms with E-state index in [1.807, 2.05) is 30.3 Å². The van der Waals surface area contributed by atoms with Crippen LogP contribution in [0.3, 0.4) is 0 Å². The van der Waals surface area contributed by atoms with Gasteiger partial charge in [-0.3, -0.25) is 9.59 Å². The highest BCUT2D eigenvalue weighted by Gasteiger charge is 2.46. The number of nitrogens with zero attached hydrogens (tertiary/aromatic N) is 3. The predicted molar refractivity (Wildman–Crippen MR) is 117 cm³/mol. The number of amides is 2. The number of benzene rings is 1. The summed E-state index contributed by atoms with van der Waals surface area (Å²) in [6.07, 6.45) is 9.09. The fourth-order valence-corrected chi connectivity index (χ4v) is 4.19. The van der Waals surface area contributed by atoms with E-state index in [-0.39, 0.29) is 25.1 Å². The number of hydrogen-bond donors (Lipinski definition) is 3. The average Bonchev–Trinajstić information content (AvgIpc) is 3.36. The van der Waals surface area contributed by atoms with Crippen molar-refractivity contribution < 1.29 is 14.7 Å². The minimum absolute atomic E-state index is 0.132. The number of aliphatic hydroxyl groups excluding tert-OH is 1. The highest BCUT2D eigenvalue weighted by atomic mass is 16.3. The summed E-state index contributed by atoms with van der Waals surface area (Å²) in [5.41, 5.74) is 6.30. The summed E-state index contributed by atoms with van der Waals surface area (Å²) in [4.78, 5) is 26.2. The molecule has 0 radical (unpaired) electrons. The van der Waals surface area contributed by atoms with Gasteiger partial charge in [0.25, 0.3) is 6.71 Å². The largest absolute Gasteiger partial charge is 0.396 e. The molecule has 1 spiro atoms. The van der Waals surface area contributed by atoms with E-state index in [4.69, 9.17) is 14.9 Å². The molecule has 2 aliphatic rings. The van der Waals surface area contributed by atoms with Crippen LogP contribution in [0.4, 0.5) is 5.69 Å². The zero-order valence-corrected chi connectivity index (χ0v) is 17.0. The molecule has 1 aromatic rings. The number of likely N-dealkylation sites (tertiary alicyclic amines) is 1. The second-order valence-electron chi connectivity index (χ2n) is 7.60. The molecular weight excluding hydrogens is 381 g/mol. The number of primary amides is 1. The van der Waals surface area contributed by atoms with Gasteiger partial charge in [-0.15, -0.1) is 0 Å². The normalized spacial score (nSPS) is 20.7. The number of nitriles is 1. The van der Waals surface area contributed by atoms with Crippen molar-refractivity contribution in [3.63, 3.8) is 0 Å². The van der Waals surface area contributed by atoms with Crippen LogP contribution in [-0.4, -0.2) is 55.1 Å². The molecule has 1 unspecified atom stereocenters. The molecule has 0 aliphatic carbocycles. The third kappa shape index (κ3) is 6.46. The van der Waals surface area contributed by atoms with E-state index < -0.39 is 0 Å². The number of amidine groups is 1. The second kappa shape index (κ2) is 11.8. The first-order valence-corrected chi connectivity index (χ1v) is 10.0. The molecule has 3 rings (SSSR count). The van der Waals surface area contributed by atoms with Crippen LogP contribution in [0.5, 0.6) is 0 Å². The number of carbonyl (C=O) groups excluding carboxylic acids is 2. The molecule has 2 aliphatic heterocycles. The molecule has 4 N–H and O–H groups in total. The molecule has 158 valence electrons. The van der Waals surface area contributed by atoms with Gasteiger partial charge in [0.1, 0.15) is 5.84 Å². The zero-order valence-electron chi connectivity index (χ0n) is 17.0. The molecule has 1 atom stereocenters. The lowest BCUT2D eigenvalue weighted by Gasteiger charge is -2.25. The van der Waals surface area contributed by atoms with Gasteiger partial charge in [-0.25, -0.2) is 10.3 Å². The van der Waals surface area contributed by atoms with Crippen molar-refractivity contribution in [2.45, 2.75) is 31.9 Å². The highest BCUT2D eigenvalue weighted by Crippen LogP contribution is 2.46. The Labute approximate surface area is 177 Å².